The van der Waals surface area contributed by atoms with E-state index in [1.807, 2.05) is 30.3 Å². The van der Waals surface area contributed by atoms with Crippen LogP contribution in [0.25, 0.3) is 0 Å². The van der Waals surface area contributed by atoms with E-state index in [2.05, 4.69) is 5.32 Å². The van der Waals surface area contributed by atoms with Crippen LogP contribution in [0.3, 0.4) is 0 Å². The molecule has 1 amide bonds. The van der Waals surface area contributed by atoms with E-state index in [0.717, 1.165) is 31.5 Å². The summed E-state index contributed by atoms with van der Waals surface area (Å²) in [5, 5.41) is 3.25. The van der Waals surface area contributed by atoms with E-state index in [1.54, 1.807) is 11.9 Å². The molecule has 1 heterocycles. The molecule has 0 bridgehead atoms. The predicted octanol–water partition coefficient (Wildman–Crippen LogP) is 2.01. The highest BCUT2D eigenvalue weighted by Crippen LogP contribution is 2.10. The van der Waals surface area contributed by atoms with Gasteiger partial charge in [-0.05, 0) is 31.5 Å². The van der Waals surface area contributed by atoms with Crippen molar-refractivity contribution in [3.05, 3.63) is 35.9 Å². The lowest BCUT2D eigenvalue weighted by Gasteiger charge is -2.25. The van der Waals surface area contributed by atoms with Gasteiger partial charge in [-0.25, -0.2) is 4.79 Å². The maximum atomic E-state index is 11.9. The number of ether oxygens (including phenoxy) is 1. The van der Waals surface area contributed by atoms with Crippen LogP contribution in [0.1, 0.15) is 18.4 Å². The summed E-state index contributed by atoms with van der Waals surface area (Å²) < 4.78 is 5.47. The molecule has 0 radical (unpaired) electrons. The average Bonchev–Trinajstić information content (AvgIpc) is 2.41. The number of carbonyl (C=O) groups is 1. The van der Waals surface area contributed by atoms with Gasteiger partial charge in [-0.15, -0.1) is 0 Å². The summed E-state index contributed by atoms with van der Waals surface area (Å²) >= 11 is 0. The third kappa shape index (κ3) is 3.74. The molecule has 0 aliphatic carbocycles. The highest BCUT2D eigenvalue weighted by Gasteiger charge is 2.19. The van der Waals surface area contributed by atoms with Crippen LogP contribution >= 0.6 is 0 Å². The lowest BCUT2D eigenvalue weighted by atomic mass is 10.1. The molecule has 4 nitrogen and oxygen atoms in total. The van der Waals surface area contributed by atoms with Gasteiger partial charge >= 0.3 is 6.09 Å². The van der Waals surface area contributed by atoms with Crippen molar-refractivity contribution >= 4 is 6.09 Å². The molecular weight excluding hydrogens is 228 g/mol. The summed E-state index contributed by atoms with van der Waals surface area (Å²) in [6, 6.07) is 9.93. The third-order valence-electron chi connectivity index (χ3n) is 3.13. The number of carbonyl (C=O) groups excluding carboxylic acids is 1. The van der Waals surface area contributed by atoms with Gasteiger partial charge in [0.2, 0.25) is 0 Å². The highest BCUT2D eigenvalue weighted by molar-refractivity contribution is 5.67. The van der Waals surface area contributed by atoms with Gasteiger partial charge in [-0.3, -0.25) is 0 Å². The fraction of sp³-hybridized carbons (Fsp3) is 0.500. The first-order valence-electron chi connectivity index (χ1n) is 6.42. The van der Waals surface area contributed by atoms with Crippen LogP contribution in [0.5, 0.6) is 0 Å². The Morgan fingerprint density at radius 3 is 2.67 bits per heavy atom. The number of amides is 1. The zero-order chi connectivity index (χ0) is 12.8. The van der Waals surface area contributed by atoms with Gasteiger partial charge in [-0.2, -0.15) is 0 Å². The molecule has 0 spiro atoms. The molecule has 1 aliphatic heterocycles. The van der Waals surface area contributed by atoms with Gasteiger partial charge in [0.15, 0.2) is 0 Å². The minimum Gasteiger partial charge on any atom is -0.446 e. The van der Waals surface area contributed by atoms with Crippen molar-refractivity contribution in [1.82, 2.24) is 10.2 Å². The molecule has 0 unspecified atom stereocenters. The predicted molar refractivity (Wildman–Crippen MR) is 70.3 cm³/mol. The molecule has 1 aromatic carbocycles. The van der Waals surface area contributed by atoms with E-state index in [1.165, 1.54) is 0 Å². The van der Waals surface area contributed by atoms with E-state index < -0.39 is 0 Å². The SMILES string of the molecule is CN(Cc1ccccc1)C(=O)OC1CCNCC1. The van der Waals surface area contributed by atoms with Crippen LogP contribution in [0.2, 0.25) is 0 Å². The summed E-state index contributed by atoms with van der Waals surface area (Å²) in [7, 11) is 1.77. The zero-order valence-corrected chi connectivity index (χ0v) is 10.8. The van der Waals surface area contributed by atoms with E-state index in [9.17, 15) is 4.79 Å². The van der Waals surface area contributed by atoms with Crippen LogP contribution in [0.4, 0.5) is 4.79 Å². The summed E-state index contributed by atoms with van der Waals surface area (Å²) in [5.41, 5.74) is 1.11. The Labute approximate surface area is 108 Å². The molecule has 1 N–H and O–H groups in total. The van der Waals surface area contributed by atoms with Gasteiger partial charge < -0.3 is 15.0 Å². The molecule has 0 aromatic heterocycles. The fourth-order valence-corrected chi connectivity index (χ4v) is 2.07. The van der Waals surface area contributed by atoms with Crippen molar-refractivity contribution in [1.29, 1.82) is 0 Å². The minimum atomic E-state index is -0.231. The summed E-state index contributed by atoms with van der Waals surface area (Å²) in [4.78, 5) is 13.5. The lowest BCUT2D eigenvalue weighted by molar-refractivity contribution is 0.0531. The molecule has 1 fully saturated rings. The van der Waals surface area contributed by atoms with Crippen molar-refractivity contribution < 1.29 is 9.53 Å². The third-order valence-corrected chi connectivity index (χ3v) is 3.13. The minimum absolute atomic E-state index is 0.0666. The normalized spacial score (nSPS) is 16.3. The largest absolute Gasteiger partial charge is 0.446 e. The van der Waals surface area contributed by atoms with E-state index in [-0.39, 0.29) is 12.2 Å². The first-order chi connectivity index (χ1) is 8.75. The molecule has 18 heavy (non-hydrogen) atoms. The molecular formula is C14H20N2O2. The van der Waals surface area contributed by atoms with Gasteiger partial charge in [0, 0.05) is 13.6 Å². The molecule has 2 rings (SSSR count). The molecule has 1 aliphatic rings. The standard InChI is InChI=1S/C14H20N2O2/c1-16(11-12-5-3-2-4-6-12)14(17)18-13-7-9-15-10-8-13/h2-6,13,15H,7-11H2,1H3. The Bertz CT molecular complexity index is 375. The van der Waals surface area contributed by atoms with Gasteiger partial charge in [0.1, 0.15) is 6.10 Å². The van der Waals surface area contributed by atoms with Crippen molar-refractivity contribution in [2.24, 2.45) is 0 Å². The van der Waals surface area contributed by atoms with Crippen molar-refractivity contribution in [2.75, 3.05) is 20.1 Å². The first kappa shape index (κ1) is 12.9. The summed E-state index contributed by atoms with van der Waals surface area (Å²) in [6.07, 6.45) is 1.65. The number of nitrogens with zero attached hydrogens (tertiary/aromatic N) is 1. The Morgan fingerprint density at radius 1 is 1.33 bits per heavy atom. The zero-order valence-electron chi connectivity index (χ0n) is 10.8. The molecule has 98 valence electrons. The molecule has 1 saturated heterocycles. The summed E-state index contributed by atoms with van der Waals surface area (Å²) in [5.74, 6) is 0. The molecule has 0 saturated carbocycles. The topological polar surface area (TPSA) is 41.6 Å². The monoisotopic (exact) mass is 248 g/mol. The molecule has 4 heteroatoms. The Balaban J connectivity index is 1.81. The van der Waals surface area contributed by atoms with Gasteiger partial charge in [0.05, 0.1) is 0 Å². The Kier molecular flexibility index (Phi) is 4.59. The second kappa shape index (κ2) is 6.40. The number of rotatable bonds is 3. The quantitative estimate of drug-likeness (QED) is 0.889. The number of hydrogen-bond donors (Lipinski definition) is 1. The van der Waals surface area contributed by atoms with Crippen molar-refractivity contribution in [3.8, 4) is 0 Å². The summed E-state index contributed by atoms with van der Waals surface area (Å²) in [6.45, 7) is 2.45. The number of nitrogens with one attached hydrogen (secondary N) is 1. The Morgan fingerprint density at radius 2 is 2.00 bits per heavy atom. The molecule has 1 aromatic rings. The smallest absolute Gasteiger partial charge is 0.410 e. The fourth-order valence-electron chi connectivity index (χ4n) is 2.07. The number of benzene rings is 1. The highest BCUT2D eigenvalue weighted by atomic mass is 16.6. The van der Waals surface area contributed by atoms with Crippen LogP contribution in [-0.4, -0.2) is 37.2 Å². The maximum Gasteiger partial charge on any atom is 0.410 e. The van der Waals surface area contributed by atoms with Crippen LogP contribution in [0.15, 0.2) is 30.3 Å². The van der Waals surface area contributed by atoms with Gasteiger partial charge in [-0.1, -0.05) is 30.3 Å². The van der Waals surface area contributed by atoms with Gasteiger partial charge in [0.25, 0.3) is 0 Å². The lowest BCUT2D eigenvalue weighted by Crippen LogP contribution is -2.37. The van der Waals surface area contributed by atoms with Crippen LogP contribution in [-0.2, 0) is 11.3 Å². The number of piperidine rings is 1. The molecule has 0 atom stereocenters. The maximum absolute atomic E-state index is 11.9. The van der Waals surface area contributed by atoms with E-state index >= 15 is 0 Å². The first-order valence-corrected chi connectivity index (χ1v) is 6.42. The van der Waals surface area contributed by atoms with E-state index in [4.69, 9.17) is 4.74 Å². The van der Waals surface area contributed by atoms with Crippen LogP contribution in [0, 0.1) is 0 Å². The second-order valence-electron chi connectivity index (χ2n) is 4.67. The Hall–Kier alpha value is -1.55. The van der Waals surface area contributed by atoms with E-state index in [0.29, 0.717) is 6.54 Å². The van der Waals surface area contributed by atoms with Crippen LogP contribution < -0.4 is 5.32 Å². The van der Waals surface area contributed by atoms with Crippen molar-refractivity contribution in [2.45, 2.75) is 25.5 Å². The van der Waals surface area contributed by atoms with Crippen molar-refractivity contribution in [3.63, 3.8) is 0 Å². The number of hydrogen-bond acceptors (Lipinski definition) is 3. The average molecular weight is 248 g/mol. The second-order valence-corrected chi connectivity index (χ2v) is 4.67.